The average Bonchev–Trinajstić information content (AvgIpc) is 1.33. The number of ketones is 2. The van der Waals surface area contributed by atoms with Crippen LogP contribution in [0.1, 0.15) is 135 Å². The summed E-state index contributed by atoms with van der Waals surface area (Å²) in [4.78, 5) is 135. The number of methoxy groups -OCH3 is 2. The maximum Gasteiger partial charge on any atom is 0.441 e. The number of likely N-dealkylation sites (tertiary alicyclic amines) is 1. The number of ether oxygens (including phenoxy) is 5. The molecule has 1 aliphatic carbocycles. The van der Waals surface area contributed by atoms with E-state index in [1.54, 1.807) is 46.4 Å². The number of carbonyl (C=O) groups excluding carboxylic acids is 11. The summed E-state index contributed by atoms with van der Waals surface area (Å²) in [6.45, 7) is 15.2. The van der Waals surface area contributed by atoms with Crippen molar-refractivity contribution in [3.8, 4) is 0 Å². The third-order valence-corrected chi connectivity index (χ3v) is 15.7. The highest BCUT2D eigenvalue weighted by atomic mass is 16.6. The molecule has 0 radical (unpaired) electrons. The number of aryl methyl sites for hydroxylation is 1. The smallest absolute Gasteiger partial charge is 0.441 e. The minimum absolute atomic E-state index is 0.00583. The highest BCUT2D eigenvalue weighted by Gasteiger charge is 2.55. The van der Waals surface area contributed by atoms with Gasteiger partial charge in [-0.1, -0.05) is 126 Å². The number of Topliss-reactive ketones (excluding diaryl/α,β-unsaturated/α-hetero) is 2. The van der Waals surface area contributed by atoms with E-state index in [1.165, 1.54) is 23.8 Å². The number of nitrogens with one attached hydrogen (secondary N) is 5. The minimum Gasteiger partial charge on any atom is -0.469 e. The Morgan fingerprint density at radius 2 is 1.32 bits per heavy atom. The van der Waals surface area contributed by atoms with E-state index in [4.69, 9.17) is 25.5 Å². The number of allylic oxidation sites excluding steroid dienone is 4. The second-order valence-corrected chi connectivity index (χ2v) is 25.3. The number of hydrogen-bond acceptors (Lipinski definition) is 17. The summed E-state index contributed by atoms with van der Waals surface area (Å²) in [5.41, 5.74) is 19.5. The summed E-state index contributed by atoms with van der Waals surface area (Å²) < 4.78 is 24.3. The van der Waals surface area contributed by atoms with E-state index in [2.05, 4.69) is 79.0 Å². The molecule has 0 spiro atoms. The lowest BCUT2D eigenvalue weighted by molar-refractivity contribution is -0.155. The number of nitrogens with two attached hydrogens (primary N) is 1. The fourth-order valence-electron chi connectivity index (χ4n) is 10.7. The summed E-state index contributed by atoms with van der Waals surface area (Å²) in [7, 11) is 2.26. The van der Waals surface area contributed by atoms with E-state index in [0.717, 1.165) is 49.5 Å². The number of β-lactam (4-membered cyclic amide) rings is 4. The summed E-state index contributed by atoms with van der Waals surface area (Å²) >= 11 is 0. The van der Waals surface area contributed by atoms with Crippen molar-refractivity contribution in [3.05, 3.63) is 142 Å². The summed E-state index contributed by atoms with van der Waals surface area (Å²) in [6, 6.07) is 24.3. The van der Waals surface area contributed by atoms with Crippen molar-refractivity contribution in [1.82, 2.24) is 36.4 Å². The van der Waals surface area contributed by atoms with E-state index in [1.807, 2.05) is 89.8 Å². The Bertz CT molecular complexity index is 3420. The predicted molar refractivity (Wildman–Crippen MR) is 343 cm³/mol. The first-order valence-corrected chi connectivity index (χ1v) is 31.0. The molecule has 94 heavy (non-hydrogen) atoms. The SMILES string of the molecule is CC1=CCC=C(CC[C@H]2NC(=O)C2N)C1.COC(=O)C(=[N+]=[N-])C(=O)CC[C@H]1NC(=O)C1NC(=O)OC(C)(C)C.COC(=O)CC(=O)CC[C@H]1NC(=O)C1NC(=O)OC(C)(C)C.Cc1cccc(/C=C/[C@@H]2C(N3C(=O)OC[C@H]3c3ccccc3)C(=O)N2Cc2ccccc2)c1. The van der Waals surface area contributed by atoms with Crippen molar-refractivity contribution in [3.63, 3.8) is 0 Å². The molecular formula is C68H86N10O16. The Kier molecular flexibility index (Phi) is 26.2. The molecule has 7 amide bonds. The van der Waals surface area contributed by atoms with Gasteiger partial charge in [-0.25, -0.2) is 19.2 Å². The summed E-state index contributed by atoms with van der Waals surface area (Å²) in [6.07, 6.45) is 11.1. The van der Waals surface area contributed by atoms with Gasteiger partial charge in [-0.2, -0.15) is 4.79 Å². The summed E-state index contributed by atoms with van der Waals surface area (Å²) in [5.74, 6) is -3.44. The molecule has 4 unspecified atom stereocenters. The van der Waals surface area contributed by atoms with Gasteiger partial charge in [0.1, 0.15) is 54.2 Å². The highest BCUT2D eigenvalue weighted by molar-refractivity contribution is 6.62. The van der Waals surface area contributed by atoms with Gasteiger partial charge in [-0.3, -0.25) is 38.5 Å². The number of cyclic esters (lactones) is 1. The van der Waals surface area contributed by atoms with E-state index in [-0.39, 0.29) is 86.0 Å². The van der Waals surface area contributed by atoms with Crippen LogP contribution >= 0.6 is 0 Å². The molecular weight excluding hydrogens is 1210 g/mol. The molecule has 26 heteroatoms. The largest absolute Gasteiger partial charge is 0.469 e. The van der Waals surface area contributed by atoms with Gasteiger partial charge in [0.25, 0.3) is 5.78 Å². The van der Waals surface area contributed by atoms with Crippen LogP contribution in [0.25, 0.3) is 11.6 Å². The lowest BCUT2D eigenvalue weighted by Crippen LogP contribution is -2.69. The number of nitrogens with zero attached hydrogens (tertiary/aromatic N) is 4. The van der Waals surface area contributed by atoms with Gasteiger partial charge in [0.05, 0.1) is 44.4 Å². The molecule has 5 fully saturated rings. The Morgan fingerprint density at radius 3 is 1.84 bits per heavy atom. The number of hydrogen-bond donors (Lipinski definition) is 6. The third-order valence-electron chi connectivity index (χ3n) is 15.7. The van der Waals surface area contributed by atoms with E-state index in [0.29, 0.717) is 13.0 Å². The molecule has 3 aromatic carbocycles. The molecule has 9 atom stereocenters. The fourth-order valence-corrected chi connectivity index (χ4v) is 10.7. The topological polar surface area (TPSA) is 363 Å². The van der Waals surface area contributed by atoms with Crippen LogP contribution in [0.2, 0.25) is 0 Å². The van der Waals surface area contributed by atoms with Crippen LogP contribution in [0.3, 0.4) is 0 Å². The van der Waals surface area contributed by atoms with Crippen LogP contribution < -0.4 is 32.3 Å². The molecule has 0 bridgehead atoms. The molecule has 3 aromatic rings. The van der Waals surface area contributed by atoms with Gasteiger partial charge >= 0.3 is 35.9 Å². The maximum absolute atomic E-state index is 13.4. The normalized spacial score (nSPS) is 22.4. The Balaban J connectivity index is 0.000000206. The second kappa shape index (κ2) is 33.7. The Hall–Kier alpha value is -9.81. The molecule has 6 aliphatic rings. The first-order valence-electron chi connectivity index (χ1n) is 31.0. The Morgan fingerprint density at radius 1 is 0.734 bits per heavy atom. The molecule has 7 N–H and O–H groups in total. The molecule has 5 heterocycles. The zero-order valence-electron chi connectivity index (χ0n) is 54.8. The molecule has 0 saturated carbocycles. The van der Waals surface area contributed by atoms with Crippen molar-refractivity contribution in [2.75, 3.05) is 20.8 Å². The Labute approximate surface area is 546 Å². The van der Waals surface area contributed by atoms with Gasteiger partial charge in [-0.15, -0.1) is 0 Å². The van der Waals surface area contributed by atoms with Crippen molar-refractivity contribution < 1.29 is 81.2 Å². The van der Waals surface area contributed by atoms with E-state index >= 15 is 0 Å². The summed E-state index contributed by atoms with van der Waals surface area (Å²) in [5, 5.41) is 12.9. The average molecular weight is 1300 g/mol. The number of carbonyl (C=O) groups is 11. The monoisotopic (exact) mass is 1300 g/mol. The maximum atomic E-state index is 13.4. The molecule has 9 rings (SSSR count). The standard InChI is InChI=1S/C28H26N2O3.C14H20N4O6.C14H22N2O6.C12H18N2O/c1-20-9-8-12-21(17-20)15-16-24-26(27(31)29(24)18-22-10-4-2-5-11-22)30-25(19-33-28(30)32)23-13-6-3-7-14-23;1-14(2,3)24-13(22)17-9-7(16-11(9)20)5-6-8(19)10(18-15)12(21)23-4;1-14(2,3)22-13(20)16-11-9(15-12(11)19)6-5-8(17)7-10(18)21-4;1-8-3-2-4-9(7-8)5-6-10-11(13)12(15)14-10/h2-17,24-26H,18-19H2,1H3;7,9H,5-6H2,1-4H3,(H,16,20)(H,17,22);9,11H,5-7H2,1-4H3,(H,15,19)(H,16,20);3-4,10-11H,2,5-7,13H2,1H3,(H,14,15)/b16-15+;;;/t24-,25+,26?;7-,9?;9-,11?;10-,11?/m1111/s1. The zero-order valence-corrected chi connectivity index (χ0v) is 54.8. The van der Waals surface area contributed by atoms with Crippen LogP contribution in [0, 0.1) is 6.92 Å². The van der Waals surface area contributed by atoms with Crippen molar-refractivity contribution >= 4 is 77.2 Å². The van der Waals surface area contributed by atoms with Crippen LogP contribution in [-0.4, -0.2) is 166 Å². The van der Waals surface area contributed by atoms with Crippen LogP contribution in [0.15, 0.2) is 114 Å². The quantitative estimate of drug-likeness (QED) is 0.0102. The van der Waals surface area contributed by atoms with Crippen molar-refractivity contribution in [2.24, 2.45) is 5.73 Å². The molecule has 5 saturated heterocycles. The van der Waals surface area contributed by atoms with Crippen molar-refractivity contribution in [2.45, 2.75) is 185 Å². The van der Waals surface area contributed by atoms with Crippen LogP contribution in [0.5, 0.6) is 0 Å². The number of benzene rings is 3. The lowest BCUT2D eigenvalue weighted by atomic mass is 9.89. The number of alkyl carbamates (subject to hydrolysis) is 2. The molecule has 504 valence electrons. The highest BCUT2D eigenvalue weighted by Crippen LogP contribution is 2.38. The van der Waals surface area contributed by atoms with Gasteiger partial charge in [0, 0.05) is 19.4 Å². The van der Waals surface area contributed by atoms with Crippen molar-refractivity contribution in [1.29, 1.82) is 0 Å². The second-order valence-electron chi connectivity index (χ2n) is 25.3. The van der Waals surface area contributed by atoms with Crippen LogP contribution in [0.4, 0.5) is 14.4 Å². The molecule has 5 aliphatic heterocycles. The number of rotatable bonds is 21. The van der Waals surface area contributed by atoms with E-state index < -0.39 is 83.0 Å². The van der Waals surface area contributed by atoms with Crippen LogP contribution in [-0.2, 0) is 68.6 Å². The number of amides is 7. The number of esters is 2. The van der Waals surface area contributed by atoms with Gasteiger partial charge < -0.3 is 66.4 Å². The molecule has 26 nitrogen and oxygen atoms in total. The lowest BCUT2D eigenvalue weighted by Gasteiger charge is -2.49. The minimum atomic E-state index is -1.05. The van der Waals surface area contributed by atoms with Gasteiger partial charge in [-0.05, 0) is 111 Å². The van der Waals surface area contributed by atoms with Gasteiger partial charge in [0.2, 0.25) is 23.6 Å². The first-order chi connectivity index (χ1) is 44.5. The fraction of sp³-hybridized carbons (Fsp3) is 0.471. The molecule has 0 aromatic heterocycles. The van der Waals surface area contributed by atoms with E-state index in [9.17, 15) is 52.7 Å². The third kappa shape index (κ3) is 21.4. The predicted octanol–water partition coefficient (Wildman–Crippen LogP) is 6.10. The van der Waals surface area contributed by atoms with Gasteiger partial charge in [0.15, 0.2) is 0 Å². The first kappa shape index (κ1) is 73.2. The zero-order chi connectivity index (χ0) is 69.0.